The zero-order chi connectivity index (χ0) is 57.1. The minimum atomic E-state index is -0.805. The number of hydrogen-bond acceptors (Lipinski definition) is 6. The van der Waals surface area contributed by atoms with Gasteiger partial charge >= 0.3 is 17.9 Å². The Morgan fingerprint density at radius 3 is 0.785 bits per heavy atom. The van der Waals surface area contributed by atoms with Crippen LogP contribution in [0.25, 0.3) is 0 Å². The highest BCUT2D eigenvalue weighted by Gasteiger charge is 2.19. The van der Waals surface area contributed by atoms with E-state index >= 15 is 0 Å². The van der Waals surface area contributed by atoms with Crippen LogP contribution in [0.1, 0.15) is 303 Å². The summed E-state index contributed by atoms with van der Waals surface area (Å²) in [6, 6.07) is 0. The van der Waals surface area contributed by atoms with Gasteiger partial charge in [0.25, 0.3) is 0 Å². The molecule has 6 nitrogen and oxygen atoms in total. The Kier molecular flexibility index (Phi) is 62.8. The maximum Gasteiger partial charge on any atom is 0.306 e. The summed E-state index contributed by atoms with van der Waals surface area (Å²) in [4.78, 5) is 38.4. The maximum absolute atomic E-state index is 12.9. The third kappa shape index (κ3) is 64.5. The monoisotopic (exact) mass is 1090 g/mol. The molecule has 0 amide bonds. The molecule has 0 radical (unpaired) electrons. The largest absolute Gasteiger partial charge is 0.462 e. The van der Waals surface area contributed by atoms with Crippen LogP contribution >= 0.6 is 0 Å². The van der Waals surface area contributed by atoms with Gasteiger partial charge < -0.3 is 14.2 Å². The van der Waals surface area contributed by atoms with Gasteiger partial charge in [0, 0.05) is 19.3 Å². The predicted octanol–water partition coefficient (Wildman–Crippen LogP) is 22.8. The van der Waals surface area contributed by atoms with Gasteiger partial charge in [-0.1, -0.05) is 277 Å². The standard InChI is InChI=1S/C73H122O6/c1-4-7-10-13-16-19-22-25-28-31-33-34-35-36-37-38-40-42-45-48-51-54-57-60-63-66-72(75)78-69-70(68-77-71(74)65-62-59-56-53-50-47-44-41-30-27-24-21-18-15-12-9-6-3)79-73(76)67-64-61-58-55-52-49-46-43-39-32-29-26-23-20-17-14-11-8-5-2/h8-9,11-12,17-18,20-22,25-27,29-31,33,39,43,49,52,70H,4-7,10,13-16,19,23-24,28,32,34-38,40-42,44-48,50-51,53-69H2,1-3H3/b11-8-,12-9-,20-17-,21-18-,25-22-,29-26-,30-27-,33-31-,43-39-,52-49-. The van der Waals surface area contributed by atoms with Gasteiger partial charge in [-0.3, -0.25) is 14.4 Å². The minimum absolute atomic E-state index is 0.0967. The summed E-state index contributed by atoms with van der Waals surface area (Å²) in [5.41, 5.74) is 0. The maximum atomic E-state index is 12.9. The molecule has 0 fully saturated rings. The molecule has 0 aliphatic carbocycles. The van der Waals surface area contributed by atoms with E-state index in [1.54, 1.807) is 0 Å². The van der Waals surface area contributed by atoms with Crippen molar-refractivity contribution in [2.24, 2.45) is 0 Å². The lowest BCUT2D eigenvalue weighted by Gasteiger charge is -2.18. The zero-order valence-electron chi connectivity index (χ0n) is 51.6. The lowest BCUT2D eigenvalue weighted by atomic mass is 10.0. The number of carbonyl (C=O) groups excluding carboxylic acids is 3. The van der Waals surface area contributed by atoms with Crippen molar-refractivity contribution in [3.05, 3.63) is 122 Å². The van der Waals surface area contributed by atoms with E-state index < -0.39 is 6.10 Å². The smallest absolute Gasteiger partial charge is 0.306 e. The van der Waals surface area contributed by atoms with Crippen LogP contribution in [0.3, 0.4) is 0 Å². The second kappa shape index (κ2) is 66.3. The summed E-state index contributed by atoms with van der Waals surface area (Å²) in [6.45, 7) is 6.39. The van der Waals surface area contributed by atoms with Crippen molar-refractivity contribution in [1.29, 1.82) is 0 Å². The van der Waals surface area contributed by atoms with Crippen molar-refractivity contribution in [2.75, 3.05) is 13.2 Å². The average Bonchev–Trinajstić information content (AvgIpc) is 3.45. The van der Waals surface area contributed by atoms with Crippen LogP contribution in [0, 0.1) is 0 Å². The topological polar surface area (TPSA) is 78.9 Å². The number of ether oxygens (including phenoxy) is 3. The Hall–Kier alpha value is -4.19. The summed E-state index contributed by atoms with van der Waals surface area (Å²) in [7, 11) is 0. The van der Waals surface area contributed by atoms with Crippen molar-refractivity contribution in [3.63, 3.8) is 0 Å². The highest BCUT2D eigenvalue weighted by atomic mass is 16.6. The highest BCUT2D eigenvalue weighted by Crippen LogP contribution is 2.16. The Morgan fingerprint density at radius 2 is 0.494 bits per heavy atom. The Bertz CT molecular complexity index is 1640. The first-order valence-electron chi connectivity index (χ1n) is 33.0. The molecule has 0 rings (SSSR count). The first kappa shape index (κ1) is 74.8. The average molecular weight is 1100 g/mol. The van der Waals surface area contributed by atoms with Gasteiger partial charge in [0.2, 0.25) is 0 Å². The third-order valence-corrected chi connectivity index (χ3v) is 13.9. The fourth-order valence-electron chi connectivity index (χ4n) is 9.04. The number of allylic oxidation sites excluding steroid dienone is 20. The number of carbonyl (C=O) groups is 3. The van der Waals surface area contributed by atoms with E-state index in [4.69, 9.17) is 14.2 Å². The molecule has 0 aromatic carbocycles. The fraction of sp³-hybridized carbons (Fsp3) is 0.685. The van der Waals surface area contributed by atoms with E-state index in [1.807, 2.05) is 0 Å². The number of unbranched alkanes of at least 4 members (excludes halogenated alkanes) is 28. The Labute approximate surface area is 488 Å². The zero-order valence-corrected chi connectivity index (χ0v) is 51.6. The van der Waals surface area contributed by atoms with Gasteiger partial charge in [-0.25, -0.2) is 0 Å². The third-order valence-electron chi connectivity index (χ3n) is 13.9. The molecule has 0 aliphatic heterocycles. The van der Waals surface area contributed by atoms with Gasteiger partial charge in [-0.2, -0.15) is 0 Å². The second-order valence-electron chi connectivity index (χ2n) is 21.6. The van der Waals surface area contributed by atoms with Crippen molar-refractivity contribution in [3.8, 4) is 0 Å². The summed E-state index contributed by atoms with van der Waals surface area (Å²) < 4.78 is 16.9. The molecule has 1 atom stereocenters. The van der Waals surface area contributed by atoms with Crippen molar-refractivity contribution in [1.82, 2.24) is 0 Å². The molecule has 79 heavy (non-hydrogen) atoms. The van der Waals surface area contributed by atoms with E-state index in [0.717, 1.165) is 128 Å². The number of rotatable bonds is 59. The van der Waals surface area contributed by atoms with Gasteiger partial charge in [0.1, 0.15) is 13.2 Å². The summed E-state index contributed by atoms with van der Waals surface area (Å²) in [5, 5.41) is 0. The van der Waals surface area contributed by atoms with Crippen LogP contribution in [0.2, 0.25) is 0 Å². The first-order valence-corrected chi connectivity index (χ1v) is 33.0. The molecule has 0 aromatic heterocycles. The number of hydrogen-bond donors (Lipinski definition) is 0. The highest BCUT2D eigenvalue weighted by molar-refractivity contribution is 5.71. The Balaban J connectivity index is 4.41. The fourth-order valence-corrected chi connectivity index (χ4v) is 9.04. The normalized spacial score (nSPS) is 12.9. The first-order chi connectivity index (χ1) is 39.0. The van der Waals surface area contributed by atoms with Crippen LogP contribution < -0.4 is 0 Å². The van der Waals surface area contributed by atoms with Crippen LogP contribution in [-0.4, -0.2) is 37.2 Å². The predicted molar refractivity (Wildman–Crippen MR) is 343 cm³/mol. The van der Waals surface area contributed by atoms with E-state index in [1.165, 1.54) is 135 Å². The molecule has 450 valence electrons. The molecule has 0 saturated carbocycles. The van der Waals surface area contributed by atoms with Gasteiger partial charge in [-0.15, -0.1) is 0 Å². The van der Waals surface area contributed by atoms with Crippen LogP contribution in [-0.2, 0) is 28.6 Å². The molecule has 0 N–H and O–H groups in total. The summed E-state index contributed by atoms with van der Waals surface area (Å²) in [6.07, 6.45) is 92.1. The lowest BCUT2D eigenvalue weighted by molar-refractivity contribution is -0.167. The molecule has 0 aliphatic rings. The van der Waals surface area contributed by atoms with Crippen LogP contribution in [0.5, 0.6) is 0 Å². The van der Waals surface area contributed by atoms with E-state index in [-0.39, 0.29) is 37.5 Å². The van der Waals surface area contributed by atoms with E-state index in [2.05, 4.69) is 142 Å². The summed E-state index contributed by atoms with van der Waals surface area (Å²) in [5.74, 6) is -0.934. The van der Waals surface area contributed by atoms with E-state index in [0.29, 0.717) is 12.8 Å². The Morgan fingerprint density at radius 1 is 0.266 bits per heavy atom. The summed E-state index contributed by atoms with van der Waals surface area (Å²) >= 11 is 0. The minimum Gasteiger partial charge on any atom is -0.462 e. The lowest BCUT2D eigenvalue weighted by Crippen LogP contribution is -2.30. The quantitative estimate of drug-likeness (QED) is 0.0261. The molecule has 0 spiro atoms. The molecule has 0 aromatic rings. The van der Waals surface area contributed by atoms with E-state index in [9.17, 15) is 14.4 Å². The van der Waals surface area contributed by atoms with Crippen molar-refractivity contribution < 1.29 is 28.6 Å². The molecule has 0 saturated heterocycles. The SMILES string of the molecule is CC/C=C\C/C=C\C/C=C\C/C=C\C/C=C\CCCCCC(=O)OC(COC(=O)CCCCCCCCC/C=C\C/C=C\C/C=C\CC)COC(=O)CCCCCCCCCCCCCCC/C=C\C/C=C\CCCCCCC. The van der Waals surface area contributed by atoms with Crippen LogP contribution in [0.15, 0.2) is 122 Å². The second-order valence-corrected chi connectivity index (χ2v) is 21.6. The molecule has 0 heterocycles. The molecular formula is C73H122O6. The van der Waals surface area contributed by atoms with Gasteiger partial charge in [0.05, 0.1) is 0 Å². The molecule has 1 unspecified atom stereocenters. The van der Waals surface area contributed by atoms with Crippen molar-refractivity contribution in [2.45, 2.75) is 309 Å². The van der Waals surface area contributed by atoms with Crippen LogP contribution in [0.4, 0.5) is 0 Å². The molecule has 6 heteroatoms. The number of esters is 3. The van der Waals surface area contributed by atoms with Gasteiger partial charge in [0.15, 0.2) is 6.10 Å². The molecular weight excluding hydrogens is 973 g/mol. The molecule has 0 bridgehead atoms. The van der Waals surface area contributed by atoms with Crippen molar-refractivity contribution >= 4 is 17.9 Å². The van der Waals surface area contributed by atoms with Gasteiger partial charge in [-0.05, 0) is 128 Å².